The molecule has 2 rings (SSSR count). The van der Waals surface area contributed by atoms with Crippen LogP contribution in [0.3, 0.4) is 0 Å². The van der Waals surface area contributed by atoms with E-state index in [0.29, 0.717) is 12.0 Å². The standard InChI is InChI=1S/C11H16N2O2/c1-8-3-2-4-9(7-8)13-6-5-12-10(13)11(14)15/h5-6,8-9H,2-4,7H2,1H3,(H,14,15). The highest BCUT2D eigenvalue weighted by Gasteiger charge is 2.23. The Bertz CT molecular complexity index is 359. The minimum Gasteiger partial charge on any atom is -0.475 e. The summed E-state index contributed by atoms with van der Waals surface area (Å²) in [4.78, 5) is 14.8. The number of hydrogen-bond donors (Lipinski definition) is 1. The number of carboxylic acid groups (broad SMARTS) is 1. The molecule has 0 radical (unpaired) electrons. The molecule has 15 heavy (non-hydrogen) atoms. The van der Waals surface area contributed by atoms with Gasteiger partial charge in [0.25, 0.3) is 0 Å². The molecule has 0 amide bonds. The molecule has 1 aliphatic carbocycles. The van der Waals surface area contributed by atoms with Gasteiger partial charge in [0.2, 0.25) is 5.82 Å². The Labute approximate surface area is 88.9 Å². The van der Waals surface area contributed by atoms with Crippen molar-refractivity contribution in [3.63, 3.8) is 0 Å². The van der Waals surface area contributed by atoms with Crippen LogP contribution in [0, 0.1) is 5.92 Å². The van der Waals surface area contributed by atoms with Crippen molar-refractivity contribution in [1.82, 2.24) is 9.55 Å². The van der Waals surface area contributed by atoms with Crippen molar-refractivity contribution in [2.45, 2.75) is 38.6 Å². The zero-order chi connectivity index (χ0) is 10.8. The first-order chi connectivity index (χ1) is 7.18. The van der Waals surface area contributed by atoms with Crippen LogP contribution in [0.5, 0.6) is 0 Å². The molecule has 0 saturated heterocycles. The molecule has 1 saturated carbocycles. The second-order valence-electron chi connectivity index (χ2n) is 4.39. The zero-order valence-electron chi connectivity index (χ0n) is 8.89. The minimum absolute atomic E-state index is 0.175. The average Bonchev–Trinajstić information content (AvgIpc) is 2.65. The lowest BCUT2D eigenvalue weighted by Gasteiger charge is -2.28. The number of aromatic carboxylic acids is 1. The van der Waals surface area contributed by atoms with E-state index in [9.17, 15) is 4.79 Å². The molecule has 1 fully saturated rings. The van der Waals surface area contributed by atoms with Gasteiger partial charge in [-0.05, 0) is 18.8 Å². The Morgan fingerprint density at radius 3 is 3.07 bits per heavy atom. The first-order valence-corrected chi connectivity index (χ1v) is 5.44. The summed E-state index contributed by atoms with van der Waals surface area (Å²) in [6, 6.07) is 0.322. The Morgan fingerprint density at radius 1 is 1.60 bits per heavy atom. The summed E-state index contributed by atoms with van der Waals surface area (Å²) in [5.74, 6) is -0.0693. The normalized spacial score (nSPS) is 26.5. The largest absolute Gasteiger partial charge is 0.475 e. The molecule has 0 aromatic carbocycles. The van der Waals surface area contributed by atoms with Crippen LogP contribution < -0.4 is 0 Å². The van der Waals surface area contributed by atoms with Crippen molar-refractivity contribution in [3.05, 3.63) is 18.2 Å². The van der Waals surface area contributed by atoms with E-state index in [1.54, 1.807) is 12.4 Å². The molecule has 0 aliphatic heterocycles. The third kappa shape index (κ3) is 2.03. The van der Waals surface area contributed by atoms with Gasteiger partial charge in [0, 0.05) is 18.4 Å². The lowest BCUT2D eigenvalue weighted by Crippen LogP contribution is -2.20. The van der Waals surface area contributed by atoms with Crippen LogP contribution >= 0.6 is 0 Å². The predicted octanol–water partition coefficient (Wildman–Crippen LogP) is 2.33. The van der Waals surface area contributed by atoms with Gasteiger partial charge in [0.15, 0.2) is 0 Å². The van der Waals surface area contributed by atoms with Crippen LogP contribution in [0.2, 0.25) is 0 Å². The second kappa shape index (κ2) is 4.04. The van der Waals surface area contributed by atoms with Crippen molar-refractivity contribution in [3.8, 4) is 0 Å². The maximum atomic E-state index is 10.9. The van der Waals surface area contributed by atoms with Crippen LogP contribution in [0.1, 0.15) is 49.3 Å². The van der Waals surface area contributed by atoms with Gasteiger partial charge < -0.3 is 9.67 Å². The molecule has 0 bridgehead atoms. The van der Waals surface area contributed by atoms with E-state index in [1.807, 2.05) is 4.57 Å². The summed E-state index contributed by atoms with van der Waals surface area (Å²) >= 11 is 0. The fraction of sp³-hybridized carbons (Fsp3) is 0.636. The van der Waals surface area contributed by atoms with Gasteiger partial charge in [-0.15, -0.1) is 0 Å². The van der Waals surface area contributed by atoms with Gasteiger partial charge in [0.1, 0.15) is 0 Å². The van der Waals surface area contributed by atoms with Gasteiger partial charge in [-0.25, -0.2) is 9.78 Å². The van der Waals surface area contributed by atoms with Crippen molar-refractivity contribution >= 4 is 5.97 Å². The highest BCUT2D eigenvalue weighted by Crippen LogP contribution is 2.32. The van der Waals surface area contributed by atoms with Crippen LogP contribution in [-0.4, -0.2) is 20.6 Å². The van der Waals surface area contributed by atoms with Gasteiger partial charge in [-0.1, -0.05) is 19.8 Å². The summed E-state index contributed by atoms with van der Waals surface area (Å²) in [6.45, 7) is 2.23. The number of rotatable bonds is 2. The van der Waals surface area contributed by atoms with Crippen LogP contribution in [0.25, 0.3) is 0 Å². The third-order valence-electron chi connectivity index (χ3n) is 3.16. The summed E-state index contributed by atoms with van der Waals surface area (Å²) in [5, 5.41) is 8.97. The topological polar surface area (TPSA) is 55.1 Å². The fourth-order valence-corrected chi connectivity index (χ4v) is 2.43. The first-order valence-electron chi connectivity index (χ1n) is 5.44. The summed E-state index contributed by atoms with van der Waals surface area (Å²) in [6.07, 6.45) is 7.93. The minimum atomic E-state index is -0.932. The monoisotopic (exact) mass is 208 g/mol. The van der Waals surface area contributed by atoms with Gasteiger partial charge in [-0.2, -0.15) is 0 Å². The fourth-order valence-electron chi connectivity index (χ4n) is 2.43. The van der Waals surface area contributed by atoms with Crippen LogP contribution in [-0.2, 0) is 0 Å². The molecule has 1 aliphatic rings. The van der Waals surface area contributed by atoms with E-state index in [0.717, 1.165) is 12.8 Å². The lowest BCUT2D eigenvalue weighted by molar-refractivity contribution is 0.0672. The number of carboxylic acids is 1. The van der Waals surface area contributed by atoms with Gasteiger partial charge in [-0.3, -0.25) is 0 Å². The Balaban J connectivity index is 2.21. The zero-order valence-corrected chi connectivity index (χ0v) is 8.89. The van der Waals surface area contributed by atoms with E-state index < -0.39 is 5.97 Å². The number of imidazole rings is 1. The maximum Gasteiger partial charge on any atom is 0.372 e. The number of carbonyl (C=O) groups is 1. The molecule has 1 aromatic heterocycles. The van der Waals surface area contributed by atoms with Gasteiger partial charge in [0.05, 0.1) is 0 Å². The Kier molecular flexibility index (Phi) is 2.75. The van der Waals surface area contributed by atoms with E-state index in [4.69, 9.17) is 5.11 Å². The molecule has 0 spiro atoms. The smallest absolute Gasteiger partial charge is 0.372 e. The number of hydrogen-bond acceptors (Lipinski definition) is 2. The molecular weight excluding hydrogens is 192 g/mol. The first kappa shape index (κ1) is 10.2. The molecule has 82 valence electrons. The number of aromatic nitrogens is 2. The maximum absolute atomic E-state index is 10.9. The van der Waals surface area contributed by atoms with Crippen molar-refractivity contribution in [2.75, 3.05) is 0 Å². The van der Waals surface area contributed by atoms with Crippen molar-refractivity contribution in [2.24, 2.45) is 5.92 Å². The quantitative estimate of drug-likeness (QED) is 0.811. The highest BCUT2D eigenvalue weighted by molar-refractivity contribution is 5.83. The molecule has 1 N–H and O–H groups in total. The van der Waals surface area contributed by atoms with E-state index >= 15 is 0 Å². The van der Waals surface area contributed by atoms with E-state index in [1.165, 1.54) is 12.8 Å². The number of nitrogens with zero attached hydrogens (tertiary/aromatic N) is 2. The molecule has 4 heteroatoms. The molecule has 2 unspecified atom stereocenters. The Hall–Kier alpha value is -1.32. The summed E-state index contributed by atoms with van der Waals surface area (Å²) < 4.78 is 1.82. The predicted molar refractivity (Wildman–Crippen MR) is 55.9 cm³/mol. The average molecular weight is 208 g/mol. The molecule has 2 atom stereocenters. The van der Waals surface area contributed by atoms with Crippen LogP contribution in [0.4, 0.5) is 0 Å². The van der Waals surface area contributed by atoms with Crippen LogP contribution in [0.15, 0.2) is 12.4 Å². The molecule has 4 nitrogen and oxygen atoms in total. The SMILES string of the molecule is CC1CCCC(n2ccnc2C(=O)O)C1. The van der Waals surface area contributed by atoms with Crippen molar-refractivity contribution < 1.29 is 9.90 Å². The van der Waals surface area contributed by atoms with Crippen molar-refractivity contribution in [1.29, 1.82) is 0 Å². The van der Waals surface area contributed by atoms with E-state index in [-0.39, 0.29) is 5.82 Å². The Morgan fingerprint density at radius 2 is 2.40 bits per heavy atom. The molecular formula is C11H16N2O2. The highest BCUT2D eigenvalue weighted by atomic mass is 16.4. The third-order valence-corrected chi connectivity index (χ3v) is 3.16. The lowest BCUT2D eigenvalue weighted by atomic mass is 9.87. The van der Waals surface area contributed by atoms with E-state index in [2.05, 4.69) is 11.9 Å². The molecule has 1 aromatic rings. The molecule has 1 heterocycles. The van der Waals surface area contributed by atoms with Gasteiger partial charge >= 0.3 is 5.97 Å². The summed E-state index contributed by atoms with van der Waals surface area (Å²) in [5.41, 5.74) is 0. The summed E-state index contributed by atoms with van der Waals surface area (Å²) in [7, 11) is 0. The second-order valence-corrected chi connectivity index (χ2v) is 4.39.